The van der Waals surface area contributed by atoms with Crippen molar-refractivity contribution in [1.82, 2.24) is 19.9 Å². The number of nitrogens with one attached hydrogen (secondary N) is 1. The van der Waals surface area contributed by atoms with Crippen LogP contribution in [0.15, 0.2) is 77.0 Å². The van der Waals surface area contributed by atoms with Crippen LogP contribution < -0.4 is 5.32 Å². The number of aromatic nitrogens is 3. The van der Waals surface area contributed by atoms with Crippen molar-refractivity contribution in [1.29, 1.82) is 0 Å². The number of amides is 1. The van der Waals surface area contributed by atoms with Gasteiger partial charge in [-0.2, -0.15) is 0 Å². The molecule has 7 heteroatoms. The molecule has 0 fully saturated rings. The number of thiazole rings is 1. The molecule has 1 N–H and O–H groups in total. The highest BCUT2D eigenvalue weighted by Crippen LogP contribution is 2.26. The predicted molar refractivity (Wildman–Crippen MR) is 122 cm³/mol. The van der Waals surface area contributed by atoms with Gasteiger partial charge in [-0.3, -0.25) is 4.79 Å². The third-order valence-corrected chi connectivity index (χ3v) is 6.79. The second-order valence-electron chi connectivity index (χ2n) is 6.97. The van der Waals surface area contributed by atoms with E-state index in [2.05, 4.69) is 32.8 Å². The fourth-order valence-electron chi connectivity index (χ4n) is 2.93. The van der Waals surface area contributed by atoms with Gasteiger partial charge in [0.2, 0.25) is 0 Å². The number of hydrogen-bond acceptors (Lipinski definition) is 5. The van der Waals surface area contributed by atoms with E-state index in [9.17, 15) is 4.79 Å². The lowest BCUT2D eigenvalue weighted by atomic mass is 10.1. The summed E-state index contributed by atoms with van der Waals surface area (Å²) in [4.78, 5) is 21.0. The Morgan fingerprint density at radius 3 is 2.47 bits per heavy atom. The number of hydrogen-bond donors (Lipinski definition) is 1. The Morgan fingerprint density at radius 2 is 1.80 bits per heavy atom. The van der Waals surface area contributed by atoms with Crippen LogP contribution in [0.25, 0.3) is 0 Å². The highest BCUT2D eigenvalue weighted by Gasteiger charge is 2.07. The Hall–Kier alpha value is -2.90. The fourth-order valence-corrected chi connectivity index (χ4v) is 4.74. The van der Waals surface area contributed by atoms with Crippen molar-refractivity contribution >= 4 is 29.0 Å². The molecule has 0 spiro atoms. The van der Waals surface area contributed by atoms with Crippen molar-refractivity contribution in [3.63, 3.8) is 0 Å². The quantitative estimate of drug-likeness (QED) is 0.400. The lowest BCUT2D eigenvalue weighted by Crippen LogP contribution is -2.22. The van der Waals surface area contributed by atoms with E-state index in [1.165, 1.54) is 11.1 Å². The summed E-state index contributed by atoms with van der Waals surface area (Å²) >= 11 is 3.39. The third-order valence-electron chi connectivity index (χ3n) is 4.58. The largest absolute Gasteiger partial charge is 0.348 e. The van der Waals surface area contributed by atoms with E-state index < -0.39 is 0 Å². The minimum atomic E-state index is -0.0627. The Bertz CT molecular complexity index is 1090. The summed E-state index contributed by atoms with van der Waals surface area (Å²) in [6.45, 7) is 3.30. The van der Waals surface area contributed by atoms with E-state index in [1.807, 2.05) is 54.1 Å². The molecule has 0 bridgehead atoms. The predicted octanol–water partition coefficient (Wildman–Crippen LogP) is 4.92. The summed E-state index contributed by atoms with van der Waals surface area (Å²) in [5.41, 5.74) is 5.18. The molecule has 0 atom stereocenters. The van der Waals surface area contributed by atoms with Crippen molar-refractivity contribution in [2.45, 2.75) is 30.1 Å². The molecule has 5 nitrogen and oxygen atoms in total. The Morgan fingerprint density at radius 1 is 1.07 bits per heavy atom. The summed E-state index contributed by atoms with van der Waals surface area (Å²) in [5.74, 6) is 0.785. The van der Waals surface area contributed by atoms with Crippen LogP contribution in [0.1, 0.15) is 32.7 Å². The number of benzene rings is 2. The lowest BCUT2D eigenvalue weighted by Gasteiger charge is -2.08. The van der Waals surface area contributed by atoms with Gasteiger partial charge in [-0.05, 0) is 35.7 Å². The van der Waals surface area contributed by atoms with Crippen LogP contribution in [-0.2, 0) is 18.8 Å². The molecule has 1 amide bonds. The first kappa shape index (κ1) is 20.4. The number of aryl methyl sites for hydroxylation is 1. The van der Waals surface area contributed by atoms with E-state index >= 15 is 0 Å². The zero-order valence-electron chi connectivity index (χ0n) is 16.6. The van der Waals surface area contributed by atoms with Crippen molar-refractivity contribution in [3.05, 3.63) is 101 Å². The average Bonchev–Trinajstić information content (AvgIpc) is 3.43. The number of nitrogens with zero attached hydrogens (tertiary/aromatic N) is 3. The average molecular weight is 435 g/mol. The van der Waals surface area contributed by atoms with Crippen LogP contribution in [0.5, 0.6) is 0 Å². The van der Waals surface area contributed by atoms with E-state index in [4.69, 9.17) is 0 Å². The van der Waals surface area contributed by atoms with Crippen molar-refractivity contribution < 1.29 is 4.79 Å². The summed E-state index contributed by atoms with van der Waals surface area (Å²) in [5, 5.41) is 5.05. The van der Waals surface area contributed by atoms with Gasteiger partial charge >= 0.3 is 0 Å². The summed E-state index contributed by atoms with van der Waals surface area (Å²) in [6.07, 6.45) is 5.52. The van der Waals surface area contributed by atoms with Gasteiger partial charge in [-0.25, -0.2) is 9.97 Å². The van der Waals surface area contributed by atoms with Crippen LogP contribution in [0, 0.1) is 6.92 Å². The van der Waals surface area contributed by atoms with Gasteiger partial charge in [0.1, 0.15) is 4.34 Å². The summed E-state index contributed by atoms with van der Waals surface area (Å²) in [6, 6.07) is 16.0. The Labute approximate surface area is 184 Å². The molecule has 4 aromatic rings. The molecule has 0 saturated carbocycles. The van der Waals surface area contributed by atoms with E-state index in [0.717, 1.165) is 27.9 Å². The molecule has 0 aliphatic carbocycles. The number of rotatable bonds is 8. The molecule has 2 heterocycles. The van der Waals surface area contributed by atoms with Gasteiger partial charge in [-0.15, -0.1) is 11.3 Å². The normalized spacial score (nSPS) is 10.8. The van der Waals surface area contributed by atoms with Crippen molar-refractivity contribution in [3.8, 4) is 0 Å². The molecule has 2 aromatic carbocycles. The topological polar surface area (TPSA) is 59.8 Å². The van der Waals surface area contributed by atoms with Crippen molar-refractivity contribution in [2.75, 3.05) is 0 Å². The zero-order chi connectivity index (χ0) is 20.8. The molecule has 152 valence electrons. The zero-order valence-corrected chi connectivity index (χ0v) is 18.2. The molecule has 0 radical (unpaired) electrons. The van der Waals surface area contributed by atoms with Gasteiger partial charge in [0, 0.05) is 47.9 Å². The molecule has 0 unspecified atom stereocenters. The minimum Gasteiger partial charge on any atom is -0.348 e. The van der Waals surface area contributed by atoms with E-state index in [1.54, 1.807) is 35.6 Å². The summed E-state index contributed by atoms with van der Waals surface area (Å²) in [7, 11) is 0. The number of carbonyl (C=O) groups is 1. The number of carbonyl (C=O) groups excluding carboxylic acids is 1. The molecule has 0 saturated heterocycles. The molecular weight excluding hydrogens is 412 g/mol. The van der Waals surface area contributed by atoms with Crippen LogP contribution in [-0.4, -0.2) is 20.4 Å². The second kappa shape index (κ2) is 9.73. The highest BCUT2D eigenvalue weighted by molar-refractivity contribution is 8.00. The highest BCUT2D eigenvalue weighted by atomic mass is 32.2. The number of thioether (sulfide) groups is 1. The molecule has 0 aliphatic heterocycles. The third kappa shape index (κ3) is 5.58. The molecule has 0 aliphatic rings. The summed E-state index contributed by atoms with van der Waals surface area (Å²) < 4.78 is 3.10. The number of imidazole rings is 1. The van der Waals surface area contributed by atoms with Gasteiger partial charge in [0.05, 0.1) is 6.33 Å². The SMILES string of the molecule is Cc1csc(SCc2ccc(C(=O)NCc3ccc(Cn4ccnc4)cc3)cc2)n1. The molecule has 30 heavy (non-hydrogen) atoms. The maximum absolute atomic E-state index is 12.5. The standard InChI is InChI=1S/C23H22N4OS2/c1-17-14-29-23(26-17)30-15-20-6-8-21(9-7-20)22(28)25-12-18-2-4-19(5-3-18)13-27-11-10-24-16-27/h2-11,14,16H,12-13,15H2,1H3,(H,25,28). The second-order valence-corrected chi connectivity index (χ2v) is 9.06. The molecule has 2 aromatic heterocycles. The fraction of sp³-hybridized carbons (Fsp3) is 0.174. The Balaban J connectivity index is 1.26. The van der Waals surface area contributed by atoms with Gasteiger partial charge < -0.3 is 9.88 Å². The van der Waals surface area contributed by atoms with Crippen LogP contribution >= 0.6 is 23.1 Å². The first-order valence-electron chi connectivity index (χ1n) is 9.61. The van der Waals surface area contributed by atoms with Crippen LogP contribution in [0.2, 0.25) is 0 Å². The minimum absolute atomic E-state index is 0.0627. The monoisotopic (exact) mass is 434 g/mol. The molecular formula is C23H22N4OS2. The van der Waals surface area contributed by atoms with E-state index in [0.29, 0.717) is 12.1 Å². The van der Waals surface area contributed by atoms with Gasteiger partial charge in [-0.1, -0.05) is 48.2 Å². The van der Waals surface area contributed by atoms with Crippen molar-refractivity contribution in [2.24, 2.45) is 0 Å². The first-order chi connectivity index (χ1) is 14.7. The smallest absolute Gasteiger partial charge is 0.251 e. The van der Waals surface area contributed by atoms with Crippen LogP contribution in [0.3, 0.4) is 0 Å². The molecule has 4 rings (SSSR count). The van der Waals surface area contributed by atoms with E-state index in [-0.39, 0.29) is 5.91 Å². The maximum atomic E-state index is 12.5. The maximum Gasteiger partial charge on any atom is 0.251 e. The van der Waals surface area contributed by atoms with Crippen LogP contribution in [0.4, 0.5) is 0 Å². The Kier molecular flexibility index (Phi) is 6.61. The first-order valence-corrected chi connectivity index (χ1v) is 11.5. The lowest BCUT2D eigenvalue weighted by molar-refractivity contribution is 0.0951. The van der Waals surface area contributed by atoms with Gasteiger partial charge in [0.15, 0.2) is 0 Å². The van der Waals surface area contributed by atoms with Gasteiger partial charge in [0.25, 0.3) is 5.91 Å².